The second-order valence-corrected chi connectivity index (χ2v) is 4.84. The summed E-state index contributed by atoms with van der Waals surface area (Å²) in [7, 11) is 1.58. The Morgan fingerprint density at radius 1 is 1.21 bits per heavy atom. The van der Waals surface area contributed by atoms with Crippen molar-refractivity contribution in [2.24, 2.45) is 16.3 Å². The standard InChI is InChI=1S/C14H25NO4/c1-6-18-12(16)9-14(10-15-5,8-11(3)4)13(17)19-7-2/h10-11H,6-9H2,1-5H3. The molecule has 0 amide bonds. The zero-order valence-corrected chi connectivity index (χ0v) is 12.6. The van der Waals surface area contributed by atoms with Gasteiger partial charge < -0.3 is 9.47 Å². The molecule has 0 rings (SSSR count). The topological polar surface area (TPSA) is 65.0 Å². The maximum atomic E-state index is 12.2. The second kappa shape index (κ2) is 8.67. The van der Waals surface area contributed by atoms with Crippen LogP contribution in [0.1, 0.15) is 40.5 Å². The summed E-state index contributed by atoms with van der Waals surface area (Å²) in [4.78, 5) is 27.9. The fourth-order valence-corrected chi connectivity index (χ4v) is 2.10. The van der Waals surface area contributed by atoms with E-state index < -0.39 is 17.4 Å². The summed E-state index contributed by atoms with van der Waals surface area (Å²) in [6.45, 7) is 8.03. The first-order valence-corrected chi connectivity index (χ1v) is 6.68. The molecule has 5 heteroatoms. The summed E-state index contributed by atoms with van der Waals surface area (Å²) >= 11 is 0. The molecular formula is C14H25NO4. The van der Waals surface area contributed by atoms with E-state index in [2.05, 4.69) is 4.99 Å². The highest BCUT2D eigenvalue weighted by Gasteiger charge is 2.41. The molecule has 19 heavy (non-hydrogen) atoms. The lowest BCUT2D eigenvalue weighted by molar-refractivity contribution is -0.158. The molecular weight excluding hydrogens is 246 g/mol. The second-order valence-electron chi connectivity index (χ2n) is 4.84. The first-order chi connectivity index (χ1) is 8.91. The van der Waals surface area contributed by atoms with Crippen molar-refractivity contribution in [2.45, 2.75) is 40.5 Å². The molecule has 0 aliphatic carbocycles. The van der Waals surface area contributed by atoms with Gasteiger partial charge in [-0.2, -0.15) is 0 Å². The van der Waals surface area contributed by atoms with Gasteiger partial charge in [0.05, 0.1) is 19.6 Å². The molecule has 110 valence electrons. The van der Waals surface area contributed by atoms with Crippen LogP contribution in [0.25, 0.3) is 0 Å². The van der Waals surface area contributed by atoms with Crippen LogP contribution in [0, 0.1) is 11.3 Å². The first kappa shape index (κ1) is 17.6. The molecule has 0 aliphatic heterocycles. The van der Waals surface area contributed by atoms with Crippen molar-refractivity contribution in [1.29, 1.82) is 0 Å². The summed E-state index contributed by atoms with van der Waals surface area (Å²) in [5.41, 5.74) is -1.02. The van der Waals surface area contributed by atoms with E-state index in [0.717, 1.165) is 0 Å². The van der Waals surface area contributed by atoms with Crippen molar-refractivity contribution in [3.8, 4) is 0 Å². The maximum absolute atomic E-state index is 12.2. The molecule has 0 fully saturated rings. The van der Waals surface area contributed by atoms with Gasteiger partial charge in [-0.3, -0.25) is 14.6 Å². The van der Waals surface area contributed by atoms with E-state index in [9.17, 15) is 9.59 Å². The number of hydrogen-bond acceptors (Lipinski definition) is 5. The van der Waals surface area contributed by atoms with Crippen LogP contribution in [0.2, 0.25) is 0 Å². The fraction of sp³-hybridized carbons (Fsp3) is 0.786. The Balaban J connectivity index is 5.24. The third-order valence-corrected chi connectivity index (χ3v) is 2.60. The van der Waals surface area contributed by atoms with Crippen molar-refractivity contribution in [3.63, 3.8) is 0 Å². The zero-order valence-electron chi connectivity index (χ0n) is 12.6. The summed E-state index contributed by atoms with van der Waals surface area (Å²) < 4.78 is 10.0. The predicted octanol–water partition coefficient (Wildman–Crippen LogP) is 2.24. The molecule has 0 aromatic rings. The normalized spacial score (nSPS) is 14.4. The monoisotopic (exact) mass is 271 g/mol. The minimum atomic E-state index is -1.02. The SMILES string of the molecule is CCOC(=O)CC(C=NC)(CC(C)C)C(=O)OCC. The van der Waals surface area contributed by atoms with E-state index in [-0.39, 0.29) is 18.9 Å². The minimum absolute atomic E-state index is 0.0325. The van der Waals surface area contributed by atoms with Crippen molar-refractivity contribution in [1.82, 2.24) is 0 Å². The van der Waals surface area contributed by atoms with Crippen LogP contribution >= 0.6 is 0 Å². The number of aliphatic imine (C=N–C) groups is 1. The molecule has 1 unspecified atom stereocenters. The van der Waals surface area contributed by atoms with E-state index in [0.29, 0.717) is 13.0 Å². The number of ether oxygens (including phenoxy) is 2. The highest BCUT2D eigenvalue weighted by molar-refractivity contribution is 5.98. The molecule has 0 aromatic heterocycles. The Kier molecular flexibility index (Phi) is 8.03. The highest BCUT2D eigenvalue weighted by Crippen LogP contribution is 2.31. The van der Waals surface area contributed by atoms with Gasteiger partial charge in [0.25, 0.3) is 0 Å². The number of hydrogen-bond donors (Lipinski definition) is 0. The molecule has 0 N–H and O–H groups in total. The average molecular weight is 271 g/mol. The van der Waals surface area contributed by atoms with E-state index in [1.807, 2.05) is 13.8 Å². The molecule has 0 spiro atoms. The van der Waals surface area contributed by atoms with Crippen LogP contribution in [-0.2, 0) is 19.1 Å². The van der Waals surface area contributed by atoms with Crippen molar-refractivity contribution >= 4 is 18.2 Å². The third kappa shape index (κ3) is 5.85. The Bertz CT molecular complexity index is 325. The minimum Gasteiger partial charge on any atom is -0.466 e. The molecule has 0 aliphatic rings. The largest absolute Gasteiger partial charge is 0.466 e. The van der Waals surface area contributed by atoms with Crippen molar-refractivity contribution < 1.29 is 19.1 Å². The number of rotatable bonds is 8. The lowest BCUT2D eigenvalue weighted by Gasteiger charge is -2.28. The maximum Gasteiger partial charge on any atom is 0.318 e. The van der Waals surface area contributed by atoms with Crippen molar-refractivity contribution in [2.75, 3.05) is 20.3 Å². The lowest BCUT2D eigenvalue weighted by atomic mass is 9.78. The van der Waals surface area contributed by atoms with Crippen LogP contribution in [0.15, 0.2) is 4.99 Å². The Morgan fingerprint density at radius 2 is 1.79 bits per heavy atom. The number of nitrogens with zero attached hydrogens (tertiary/aromatic N) is 1. The Hall–Kier alpha value is -1.39. The van der Waals surface area contributed by atoms with E-state index in [4.69, 9.17) is 9.47 Å². The smallest absolute Gasteiger partial charge is 0.318 e. The average Bonchev–Trinajstić information content (AvgIpc) is 2.28. The van der Waals surface area contributed by atoms with E-state index in [1.54, 1.807) is 20.9 Å². The summed E-state index contributed by atoms with van der Waals surface area (Å²) in [6, 6.07) is 0. The fourth-order valence-electron chi connectivity index (χ4n) is 2.10. The summed E-state index contributed by atoms with van der Waals surface area (Å²) in [6.07, 6.45) is 1.99. The van der Waals surface area contributed by atoms with Gasteiger partial charge in [-0.1, -0.05) is 13.8 Å². The van der Waals surface area contributed by atoms with Crippen LogP contribution < -0.4 is 0 Å². The molecule has 0 saturated carbocycles. The quantitative estimate of drug-likeness (QED) is 0.501. The summed E-state index contributed by atoms with van der Waals surface area (Å²) in [5.74, 6) is -0.588. The predicted molar refractivity (Wildman–Crippen MR) is 74.2 cm³/mol. The summed E-state index contributed by atoms with van der Waals surface area (Å²) in [5, 5.41) is 0. The van der Waals surface area contributed by atoms with Gasteiger partial charge in [-0.25, -0.2) is 0 Å². The Labute approximate surface area is 115 Å². The molecule has 0 saturated heterocycles. The number of carbonyl (C=O) groups is 2. The number of carbonyl (C=O) groups excluding carboxylic acids is 2. The number of esters is 2. The van der Waals surface area contributed by atoms with Gasteiger partial charge in [0.15, 0.2) is 0 Å². The van der Waals surface area contributed by atoms with Crippen LogP contribution in [0.4, 0.5) is 0 Å². The van der Waals surface area contributed by atoms with Gasteiger partial charge in [0, 0.05) is 13.3 Å². The molecule has 0 radical (unpaired) electrons. The molecule has 5 nitrogen and oxygen atoms in total. The highest BCUT2D eigenvalue weighted by atomic mass is 16.5. The molecule has 1 atom stereocenters. The third-order valence-electron chi connectivity index (χ3n) is 2.60. The molecule has 0 heterocycles. The Morgan fingerprint density at radius 3 is 2.21 bits per heavy atom. The molecule has 0 aromatic carbocycles. The van der Waals surface area contributed by atoms with Gasteiger partial charge >= 0.3 is 11.9 Å². The van der Waals surface area contributed by atoms with Crippen molar-refractivity contribution in [3.05, 3.63) is 0 Å². The van der Waals surface area contributed by atoms with Crippen LogP contribution in [-0.4, -0.2) is 38.4 Å². The van der Waals surface area contributed by atoms with Gasteiger partial charge in [0.1, 0.15) is 5.41 Å². The zero-order chi connectivity index (χ0) is 14.9. The first-order valence-electron chi connectivity index (χ1n) is 6.68. The molecule has 0 bridgehead atoms. The van der Waals surface area contributed by atoms with E-state index >= 15 is 0 Å². The van der Waals surface area contributed by atoms with Crippen LogP contribution in [0.5, 0.6) is 0 Å². The van der Waals surface area contributed by atoms with Gasteiger partial charge in [-0.05, 0) is 26.2 Å². The van der Waals surface area contributed by atoms with Gasteiger partial charge in [0.2, 0.25) is 0 Å². The van der Waals surface area contributed by atoms with Gasteiger partial charge in [-0.15, -0.1) is 0 Å². The van der Waals surface area contributed by atoms with Crippen LogP contribution in [0.3, 0.4) is 0 Å². The lowest BCUT2D eigenvalue weighted by Crippen LogP contribution is -2.38. The van der Waals surface area contributed by atoms with E-state index in [1.165, 1.54) is 6.21 Å².